The van der Waals surface area contributed by atoms with E-state index in [1.165, 1.54) is 23.1 Å². The van der Waals surface area contributed by atoms with Crippen LogP contribution in [0.15, 0.2) is 78.9 Å². The normalized spacial score (nSPS) is 12.6. The topological polar surface area (TPSA) is 128 Å². The highest BCUT2D eigenvalue weighted by Crippen LogP contribution is 2.40. The van der Waals surface area contributed by atoms with Crippen LogP contribution in [0.1, 0.15) is 32.6 Å². The zero-order valence-corrected chi connectivity index (χ0v) is 21.4. The highest BCUT2D eigenvalue weighted by molar-refractivity contribution is 6.54. The molecule has 1 amide bonds. The smallest absolute Gasteiger partial charge is 0.416 e. The molecule has 5 N–H and O–H groups in total. The lowest BCUT2D eigenvalue weighted by Gasteiger charge is -2.19. The van der Waals surface area contributed by atoms with E-state index >= 15 is 0 Å². The summed E-state index contributed by atoms with van der Waals surface area (Å²) in [5.74, 6) is -1.66. The molecule has 0 radical (unpaired) electrons. The number of anilines is 3. The second-order valence-corrected chi connectivity index (χ2v) is 9.22. The van der Waals surface area contributed by atoms with E-state index in [-0.39, 0.29) is 34.0 Å². The van der Waals surface area contributed by atoms with E-state index in [0.29, 0.717) is 16.8 Å². The molecule has 1 aliphatic heterocycles. The van der Waals surface area contributed by atoms with Crippen molar-refractivity contribution in [2.75, 3.05) is 10.6 Å². The summed E-state index contributed by atoms with van der Waals surface area (Å²) in [5, 5.41) is 26.6. The third kappa shape index (κ3) is 5.51. The zero-order valence-electron chi connectivity index (χ0n) is 21.4. The lowest BCUT2D eigenvalue weighted by molar-refractivity contribution is -0.137. The van der Waals surface area contributed by atoms with Gasteiger partial charge in [-0.15, -0.1) is 0 Å². The van der Waals surface area contributed by atoms with Crippen molar-refractivity contribution in [3.8, 4) is 16.9 Å². The average molecular weight is 548 g/mol. The number of carboxylic acid groups (broad SMARTS) is 1. The minimum atomic E-state index is -4.50. The summed E-state index contributed by atoms with van der Waals surface area (Å²) < 4.78 is 38.9. The quantitative estimate of drug-likeness (QED) is 0.167. The van der Waals surface area contributed by atoms with Crippen LogP contribution in [0.2, 0.25) is 0 Å². The molecule has 0 bridgehead atoms. The Morgan fingerprint density at radius 1 is 0.900 bits per heavy atom. The van der Waals surface area contributed by atoms with Gasteiger partial charge in [-0.1, -0.05) is 30.3 Å². The summed E-state index contributed by atoms with van der Waals surface area (Å²) in [6.45, 7) is 3.69. The molecule has 4 aromatic carbocycles. The van der Waals surface area contributed by atoms with Gasteiger partial charge in [0.05, 0.1) is 22.5 Å². The monoisotopic (exact) mass is 547 g/mol. The molecule has 0 fully saturated rings. The summed E-state index contributed by atoms with van der Waals surface area (Å²) in [7, 11) is 0. The van der Waals surface area contributed by atoms with Gasteiger partial charge in [-0.2, -0.15) is 13.2 Å². The number of rotatable bonds is 3. The van der Waals surface area contributed by atoms with Crippen LogP contribution in [-0.4, -0.2) is 27.8 Å². The first kappa shape index (κ1) is 27.9. The third-order valence-electron chi connectivity index (χ3n) is 6.20. The number of phenolic OH excluding ortho intramolecular Hbond substituents is 1. The molecule has 0 atom stereocenters. The number of benzene rings is 4. The second-order valence-electron chi connectivity index (χ2n) is 9.22. The predicted octanol–water partition coefficient (Wildman–Crippen LogP) is 6.71. The fourth-order valence-corrected chi connectivity index (χ4v) is 4.39. The van der Waals surface area contributed by atoms with Crippen molar-refractivity contribution in [1.82, 2.24) is 0 Å². The number of nitrogens with one attached hydrogen (secondary N) is 1. The predicted molar refractivity (Wildman–Crippen MR) is 146 cm³/mol. The first-order valence-corrected chi connectivity index (χ1v) is 11.9. The molecule has 0 aromatic heterocycles. The zero-order chi connectivity index (χ0) is 29.4. The summed E-state index contributed by atoms with van der Waals surface area (Å²) in [6, 6.07) is 19.7. The van der Waals surface area contributed by atoms with Gasteiger partial charge in [0.25, 0.3) is 5.91 Å². The lowest BCUT2D eigenvalue weighted by atomic mass is 10.0. The molecule has 10 heteroatoms. The number of alkyl halides is 3. The van der Waals surface area contributed by atoms with Crippen LogP contribution in [0.5, 0.6) is 5.75 Å². The number of nitrogens with two attached hydrogens (primary N) is 1. The number of aromatic hydroxyl groups is 1. The fourth-order valence-electron chi connectivity index (χ4n) is 4.39. The number of carbonyl (C=O) groups is 2. The third-order valence-corrected chi connectivity index (χ3v) is 6.20. The van der Waals surface area contributed by atoms with E-state index in [0.717, 1.165) is 23.3 Å². The maximum atomic E-state index is 13.0. The number of aryl methyl sites for hydroxylation is 2. The van der Waals surface area contributed by atoms with Crippen LogP contribution in [0.4, 0.5) is 30.2 Å². The number of hydrogen-bond acceptors (Lipinski definition) is 5. The van der Waals surface area contributed by atoms with Crippen LogP contribution in [0, 0.1) is 19.3 Å². The highest BCUT2D eigenvalue weighted by atomic mass is 19.4. The number of para-hydroxylation sites is 1. The molecule has 1 aliphatic rings. The van der Waals surface area contributed by atoms with Crippen molar-refractivity contribution in [3.05, 3.63) is 107 Å². The van der Waals surface area contributed by atoms with Gasteiger partial charge < -0.3 is 15.9 Å². The average Bonchev–Trinajstić information content (AvgIpc) is 3.14. The largest absolute Gasteiger partial charge is 0.505 e. The number of nitrogen functional groups attached to an aromatic ring is 1. The van der Waals surface area contributed by atoms with E-state index in [1.54, 1.807) is 42.5 Å². The minimum absolute atomic E-state index is 0.0324. The van der Waals surface area contributed by atoms with Gasteiger partial charge in [-0.3, -0.25) is 15.1 Å². The molecule has 0 aliphatic carbocycles. The SMILES string of the molecule is Cc1cc(C)cc(N2C(=O)C(=N)c3ccc(C(F)(F)F)cc32)c1.Nc1cccc(-c2cccc(C(=O)O)c2)c1O. The van der Waals surface area contributed by atoms with Gasteiger partial charge in [0.2, 0.25) is 0 Å². The number of aromatic carboxylic acids is 1. The lowest BCUT2D eigenvalue weighted by Crippen LogP contribution is -2.25. The first-order valence-electron chi connectivity index (χ1n) is 11.9. The van der Waals surface area contributed by atoms with Crippen LogP contribution in [0.25, 0.3) is 11.1 Å². The molecule has 204 valence electrons. The van der Waals surface area contributed by atoms with Gasteiger partial charge in [-0.05, 0) is 79.1 Å². The Kier molecular flexibility index (Phi) is 7.37. The molecule has 0 unspecified atom stereocenters. The molecule has 40 heavy (non-hydrogen) atoms. The van der Waals surface area contributed by atoms with Crippen LogP contribution < -0.4 is 10.6 Å². The number of carbonyl (C=O) groups excluding carboxylic acids is 1. The number of carboxylic acids is 1. The molecular weight excluding hydrogens is 523 g/mol. The van der Waals surface area contributed by atoms with Crippen LogP contribution >= 0.6 is 0 Å². The maximum Gasteiger partial charge on any atom is 0.416 e. The van der Waals surface area contributed by atoms with Crippen molar-refractivity contribution in [3.63, 3.8) is 0 Å². The van der Waals surface area contributed by atoms with Gasteiger partial charge in [0, 0.05) is 16.8 Å². The van der Waals surface area contributed by atoms with Crippen molar-refractivity contribution in [2.45, 2.75) is 20.0 Å². The molecule has 7 nitrogen and oxygen atoms in total. The molecule has 1 heterocycles. The Morgan fingerprint density at radius 3 is 2.17 bits per heavy atom. The number of hydrogen-bond donors (Lipinski definition) is 4. The molecule has 0 saturated heterocycles. The van der Waals surface area contributed by atoms with Crippen LogP contribution in [-0.2, 0) is 11.0 Å². The van der Waals surface area contributed by atoms with E-state index in [1.807, 2.05) is 19.9 Å². The Bertz CT molecular complexity index is 1640. The summed E-state index contributed by atoms with van der Waals surface area (Å²) in [5.41, 5.74) is 8.58. The highest BCUT2D eigenvalue weighted by Gasteiger charge is 2.38. The summed E-state index contributed by atoms with van der Waals surface area (Å²) in [6.07, 6.45) is -4.50. The Morgan fingerprint density at radius 2 is 1.55 bits per heavy atom. The van der Waals surface area contributed by atoms with Crippen molar-refractivity contribution >= 4 is 34.7 Å². The number of amides is 1. The maximum absolute atomic E-state index is 13.0. The second kappa shape index (κ2) is 10.6. The summed E-state index contributed by atoms with van der Waals surface area (Å²) in [4.78, 5) is 24.4. The fraction of sp³-hybridized carbons (Fsp3) is 0.100. The van der Waals surface area contributed by atoms with Crippen LogP contribution in [0.3, 0.4) is 0 Å². The van der Waals surface area contributed by atoms with Gasteiger partial charge in [-0.25, -0.2) is 4.79 Å². The standard InChI is InChI=1S/C17H13F3N2O.C13H11NO3/c1-9-5-10(2)7-12(6-9)22-14-8-11(17(18,19)20)3-4-13(14)15(21)16(22)23;14-11-6-2-5-10(12(11)15)8-3-1-4-9(7-8)13(16)17/h3-8,21H,1-2H3;1-7,15H,14H2,(H,16,17). The number of fused-ring (bicyclic) bond motifs is 1. The Labute approximate surface area is 227 Å². The number of phenols is 1. The van der Waals surface area contributed by atoms with Crippen molar-refractivity contribution in [1.29, 1.82) is 5.41 Å². The van der Waals surface area contributed by atoms with Gasteiger partial charge in [0.1, 0.15) is 11.5 Å². The number of halogens is 3. The number of nitrogens with zero attached hydrogens (tertiary/aromatic N) is 1. The van der Waals surface area contributed by atoms with E-state index in [9.17, 15) is 27.9 Å². The molecule has 0 spiro atoms. The first-order chi connectivity index (χ1) is 18.8. The summed E-state index contributed by atoms with van der Waals surface area (Å²) >= 11 is 0. The van der Waals surface area contributed by atoms with E-state index in [2.05, 4.69) is 0 Å². The Hall–Kier alpha value is -5.12. The minimum Gasteiger partial charge on any atom is -0.505 e. The molecule has 5 rings (SSSR count). The van der Waals surface area contributed by atoms with Gasteiger partial charge >= 0.3 is 12.1 Å². The molecule has 0 saturated carbocycles. The molecular formula is C30H24F3N3O4. The van der Waals surface area contributed by atoms with Gasteiger partial charge in [0.15, 0.2) is 0 Å². The van der Waals surface area contributed by atoms with Crippen molar-refractivity contribution in [2.24, 2.45) is 0 Å². The van der Waals surface area contributed by atoms with E-state index < -0.39 is 23.6 Å². The van der Waals surface area contributed by atoms with Crippen molar-refractivity contribution < 1.29 is 33.0 Å². The Balaban J connectivity index is 0.000000194. The molecule has 4 aromatic rings. The van der Waals surface area contributed by atoms with E-state index in [4.69, 9.17) is 16.2 Å².